The number of alkyl halides is 4. The van der Waals surface area contributed by atoms with Crippen molar-refractivity contribution in [1.82, 2.24) is 24.8 Å². The maximum Gasteiger partial charge on any atom is 0.418 e. The smallest absolute Gasteiger partial charge is 0.418 e. The summed E-state index contributed by atoms with van der Waals surface area (Å²) in [6.07, 6.45) is -0.925. The van der Waals surface area contributed by atoms with Crippen LogP contribution in [0.1, 0.15) is 58.9 Å². The molecule has 268 valence electrons. The molecule has 6 rings (SSSR count). The predicted molar refractivity (Wildman–Crippen MR) is 174 cm³/mol. The van der Waals surface area contributed by atoms with Crippen LogP contribution in [0.5, 0.6) is 11.8 Å². The van der Waals surface area contributed by atoms with Crippen LogP contribution in [0, 0.1) is 5.82 Å². The van der Waals surface area contributed by atoms with Gasteiger partial charge in [-0.2, -0.15) is 23.1 Å². The summed E-state index contributed by atoms with van der Waals surface area (Å²) in [6.45, 7) is 9.42. The molecule has 16 heteroatoms. The average Bonchev–Trinajstić information content (AvgIpc) is 3.69. The SMILES string of the molecule is COc1nc(N(C)C2CCN(C(=O)OC(C)(C)C)C2C)c2cnc(-c3cc(O)cc(Cl)c3C(F)(F)F)c(F)c2n1.FC1CC2CCCN2C1. The van der Waals surface area contributed by atoms with Crippen LogP contribution < -0.4 is 9.64 Å². The molecule has 3 aliphatic rings. The molecule has 0 spiro atoms. The first kappa shape index (κ1) is 36.6. The van der Waals surface area contributed by atoms with Crippen molar-refractivity contribution in [2.75, 3.05) is 38.7 Å². The predicted octanol–water partition coefficient (Wildman–Crippen LogP) is 7.24. The lowest BCUT2D eigenvalue weighted by molar-refractivity contribution is -0.137. The second-order valence-electron chi connectivity index (χ2n) is 13.6. The third kappa shape index (κ3) is 7.72. The van der Waals surface area contributed by atoms with Crippen LogP contribution in [0.2, 0.25) is 5.02 Å². The normalized spacial score (nSPS) is 22.6. The first-order valence-corrected chi connectivity index (χ1v) is 16.4. The number of halogens is 6. The van der Waals surface area contributed by atoms with Crippen molar-refractivity contribution >= 4 is 34.4 Å². The number of methoxy groups -OCH3 is 1. The zero-order valence-electron chi connectivity index (χ0n) is 28.1. The highest BCUT2D eigenvalue weighted by Gasteiger charge is 2.41. The van der Waals surface area contributed by atoms with Gasteiger partial charge in [0, 0.05) is 37.9 Å². The summed E-state index contributed by atoms with van der Waals surface area (Å²) in [7, 11) is 2.97. The molecule has 3 aliphatic heterocycles. The van der Waals surface area contributed by atoms with E-state index in [1.165, 1.54) is 20.0 Å². The molecule has 1 N–H and O–H groups in total. The second kappa shape index (κ2) is 13.9. The summed E-state index contributed by atoms with van der Waals surface area (Å²) in [4.78, 5) is 30.7. The van der Waals surface area contributed by atoms with Crippen molar-refractivity contribution in [3.05, 3.63) is 34.7 Å². The molecular weight excluding hydrogens is 675 g/mol. The third-order valence-electron chi connectivity index (χ3n) is 9.07. The molecule has 1 amide bonds. The molecule has 0 bridgehead atoms. The number of likely N-dealkylation sites (tertiary alicyclic amines) is 1. The highest BCUT2D eigenvalue weighted by atomic mass is 35.5. The van der Waals surface area contributed by atoms with Crippen LogP contribution in [0.15, 0.2) is 18.3 Å². The van der Waals surface area contributed by atoms with Gasteiger partial charge in [0.1, 0.15) is 34.6 Å². The Balaban J connectivity index is 0.000000444. The van der Waals surface area contributed by atoms with E-state index in [0.29, 0.717) is 31.6 Å². The quantitative estimate of drug-likeness (QED) is 0.280. The number of fused-ring (bicyclic) bond motifs is 2. The van der Waals surface area contributed by atoms with Crippen LogP contribution in [0.3, 0.4) is 0 Å². The molecule has 0 radical (unpaired) electrons. The molecule has 3 saturated heterocycles. The topological polar surface area (TPSA) is 104 Å². The molecule has 4 unspecified atom stereocenters. The van der Waals surface area contributed by atoms with Crippen LogP contribution in [0.4, 0.5) is 32.6 Å². The van der Waals surface area contributed by atoms with Crippen LogP contribution in [0.25, 0.3) is 22.2 Å². The number of phenols is 1. The van der Waals surface area contributed by atoms with Gasteiger partial charge in [0.15, 0.2) is 5.82 Å². The minimum atomic E-state index is -4.96. The van der Waals surface area contributed by atoms with E-state index in [1.54, 1.807) is 37.6 Å². The number of phenolic OH excluding ortho intramolecular Hbond substituents is 1. The van der Waals surface area contributed by atoms with Gasteiger partial charge < -0.3 is 24.4 Å². The zero-order chi connectivity index (χ0) is 36.0. The van der Waals surface area contributed by atoms with Crippen molar-refractivity contribution in [2.24, 2.45) is 0 Å². The zero-order valence-corrected chi connectivity index (χ0v) is 28.9. The van der Waals surface area contributed by atoms with Gasteiger partial charge in [0.25, 0.3) is 0 Å². The second-order valence-corrected chi connectivity index (χ2v) is 14.0. The van der Waals surface area contributed by atoms with Gasteiger partial charge in [0.2, 0.25) is 0 Å². The maximum atomic E-state index is 15.9. The van der Waals surface area contributed by atoms with Gasteiger partial charge in [-0.3, -0.25) is 9.88 Å². The van der Waals surface area contributed by atoms with Gasteiger partial charge in [0.05, 0.1) is 35.2 Å². The fourth-order valence-electron chi connectivity index (χ4n) is 6.84. The minimum absolute atomic E-state index is 0.104. The summed E-state index contributed by atoms with van der Waals surface area (Å²) < 4.78 is 80.8. The number of carbonyl (C=O) groups excluding carboxylic acids is 1. The van der Waals surface area contributed by atoms with E-state index in [2.05, 4.69) is 19.9 Å². The average molecular weight is 715 g/mol. The van der Waals surface area contributed by atoms with Gasteiger partial charge in [-0.15, -0.1) is 0 Å². The fourth-order valence-corrected chi connectivity index (χ4v) is 7.16. The van der Waals surface area contributed by atoms with Gasteiger partial charge in [-0.05, 0) is 72.1 Å². The maximum absolute atomic E-state index is 15.9. The van der Waals surface area contributed by atoms with Crippen molar-refractivity contribution in [1.29, 1.82) is 0 Å². The molecule has 49 heavy (non-hydrogen) atoms. The number of hydrogen-bond donors (Lipinski definition) is 1. The number of anilines is 1. The van der Waals surface area contributed by atoms with E-state index in [9.17, 15) is 27.5 Å². The molecule has 1 aromatic carbocycles. The summed E-state index contributed by atoms with van der Waals surface area (Å²) >= 11 is 5.79. The number of aromatic nitrogens is 3. The van der Waals surface area contributed by atoms with Crippen molar-refractivity contribution in [3.63, 3.8) is 0 Å². The van der Waals surface area contributed by atoms with E-state index < -0.39 is 57.5 Å². The number of nitrogens with zero attached hydrogens (tertiary/aromatic N) is 6. The molecule has 0 saturated carbocycles. The Morgan fingerprint density at radius 3 is 2.49 bits per heavy atom. The molecule has 10 nitrogen and oxygen atoms in total. The lowest BCUT2D eigenvalue weighted by Gasteiger charge is -2.33. The van der Waals surface area contributed by atoms with Crippen LogP contribution in [-0.4, -0.2) is 99.6 Å². The van der Waals surface area contributed by atoms with Crippen molar-refractivity contribution in [2.45, 2.75) is 89.5 Å². The summed E-state index contributed by atoms with van der Waals surface area (Å²) in [5.41, 5.74) is -3.83. The summed E-state index contributed by atoms with van der Waals surface area (Å²) in [5.74, 6) is -1.58. The fraction of sp³-hybridized carbons (Fsp3) is 0.576. The van der Waals surface area contributed by atoms with E-state index in [0.717, 1.165) is 25.2 Å². The number of likely N-dealkylation sites (N-methyl/N-ethyl adjacent to an activating group) is 1. The monoisotopic (exact) mass is 714 g/mol. The number of amides is 1. The molecule has 3 fully saturated rings. The Morgan fingerprint density at radius 2 is 1.86 bits per heavy atom. The first-order valence-electron chi connectivity index (χ1n) is 16.0. The Bertz CT molecular complexity index is 1700. The number of hydrogen-bond acceptors (Lipinski definition) is 9. The van der Waals surface area contributed by atoms with E-state index in [-0.39, 0.29) is 34.8 Å². The number of aromatic hydroxyl groups is 1. The highest BCUT2D eigenvalue weighted by molar-refractivity contribution is 6.32. The molecule has 4 atom stereocenters. The molecular formula is C33H40ClF5N6O4. The lowest BCUT2D eigenvalue weighted by atomic mass is 10.0. The Morgan fingerprint density at radius 1 is 1.14 bits per heavy atom. The van der Waals surface area contributed by atoms with Crippen LogP contribution in [-0.2, 0) is 10.9 Å². The number of carbonyl (C=O) groups is 1. The third-order valence-corrected chi connectivity index (χ3v) is 9.37. The largest absolute Gasteiger partial charge is 0.508 e. The van der Waals surface area contributed by atoms with Crippen molar-refractivity contribution in [3.8, 4) is 23.0 Å². The molecule has 0 aliphatic carbocycles. The van der Waals surface area contributed by atoms with Gasteiger partial charge in [-0.1, -0.05) is 11.6 Å². The minimum Gasteiger partial charge on any atom is -0.508 e. The number of benzene rings is 1. The van der Waals surface area contributed by atoms with E-state index in [1.807, 2.05) is 6.92 Å². The summed E-state index contributed by atoms with van der Waals surface area (Å²) in [5, 5.41) is 9.22. The Labute approximate surface area is 286 Å². The lowest BCUT2D eigenvalue weighted by Crippen LogP contribution is -2.45. The Hall–Kier alpha value is -3.72. The molecule has 5 heterocycles. The van der Waals surface area contributed by atoms with Gasteiger partial charge >= 0.3 is 18.3 Å². The van der Waals surface area contributed by atoms with Gasteiger partial charge in [-0.25, -0.2) is 13.6 Å². The Kier molecular flexibility index (Phi) is 10.4. The number of rotatable bonds is 4. The summed E-state index contributed by atoms with van der Waals surface area (Å²) in [6, 6.07) is 1.23. The number of ether oxygens (including phenoxy) is 2. The first-order chi connectivity index (χ1) is 22.9. The van der Waals surface area contributed by atoms with E-state index >= 15 is 4.39 Å². The number of pyridine rings is 1. The highest BCUT2D eigenvalue weighted by Crippen LogP contribution is 2.44. The van der Waals surface area contributed by atoms with E-state index in [4.69, 9.17) is 21.1 Å². The van der Waals surface area contributed by atoms with Crippen molar-refractivity contribution < 1.29 is 41.3 Å². The van der Waals surface area contributed by atoms with Crippen LogP contribution >= 0.6 is 11.6 Å². The molecule has 3 aromatic rings. The molecule has 2 aromatic heterocycles. The standard InChI is InChI=1S/C26H28ClF4N5O4.C7H12FN/c1-12-17(7-8-36(12)24(38)40-25(2,3)4)35(5)22-15-11-32-20(19(28)21(15)33-23(34-22)39-6)14-9-13(37)10-16(27)18(14)26(29,30)31;8-6-4-7-2-1-3-9(7)5-6/h9-12,17,37H,7-8H2,1-6H3;6-7H,1-5H2.